The normalized spacial score (nSPS) is 12.7. The maximum Gasteiger partial charge on any atom is 0.261 e. The highest BCUT2D eigenvalue weighted by Gasteiger charge is 2.34. The number of aryl methyl sites for hydroxylation is 1. The summed E-state index contributed by atoms with van der Waals surface area (Å²) in [5.74, 6) is 1.02. The molecule has 0 unspecified atom stereocenters. The van der Waals surface area contributed by atoms with Gasteiger partial charge in [-0.05, 0) is 49.1 Å². The number of ether oxygens (including phenoxy) is 1. The number of imide groups is 1. The number of nitrogens with zero attached hydrogens (tertiary/aromatic N) is 3. The Morgan fingerprint density at radius 1 is 0.829 bits per heavy atom. The molecule has 0 saturated heterocycles. The SMILES string of the molecule is O=C1c2ccccc2C(=O)N1CCCOc1ccc2c(NCCCc3ccccc3)ncnc2c1. The molecule has 35 heavy (non-hydrogen) atoms. The Balaban J connectivity index is 1.13. The molecule has 1 N–H and O–H groups in total. The van der Waals surface area contributed by atoms with Crippen molar-refractivity contribution in [2.24, 2.45) is 0 Å². The second kappa shape index (κ2) is 10.3. The zero-order valence-electron chi connectivity index (χ0n) is 19.3. The Bertz CT molecular complexity index is 1320. The summed E-state index contributed by atoms with van der Waals surface area (Å²) in [5.41, 5.74) is 3.06. The monoisotopic (exact) mass is 466 g/mol. The first-order valence-electron chi connectivity index (χ1n) is 11.8. The second-order valence-corrected chi connectivity index (χ2v) is 8.43. The minimum Gasteiger partial charge on any atom is -0.493 e. The van der Waals surface area contributed by atoms with E-state index < -0.39 is 0 Å². The highest BCUT2D eigenvalue weighted by molar-refractivity contribution is 6.21. The molecule has 1 aromatic heterocycles. The molecule has 3 aromatic carbocycles. The molecular weight excluding hydrogens is 440 g/mol. The smallest absolute Gasteiger partial charge is 0.261 e. The lowest BCUT2D eigenvalue weighted by Gasteiger charge is -2.14. The average Bonchev–Trinajstić information content (AvgIpc) is 3.14. The van der Waals surface area contributed by atoms with E-state index in [0.29, 0.717) is 36.4 Å². The number of aromatic nitrogens is 2. The average molecular weight is 467 g/mol. The molecular formula is C28H26N4O3. The van der Waals surface area contributed by atoms with Gasteiger partial charge in [0.05, 0.1) is 23.3 Å². The first-order valence-corrected chi connectivity index (χ1v) is 11.8. The highest BCUT2D eigenvalue weighted by Crippen LogP contribution is 2.25. The zero-order chi connectivity index (χ0) is 24.0. The van der Waals surface area contributed by atoms with Gasteiger partial charge in [0.2, 0.25) is 0 Å². The second-order valence-electron chi connectivity index (χ2n) is 8.43. The summed E-state index contributed by atoms with van der Waals surface area (Å²) in [6.45, 7) is 1.52. The molecule has 1 aliphatic heterocycles. The molecule has 0 saturated carbocycles. The lowest BCUT2D eigenvalue weighted by Crippen LogP contribution is -2.31. The van der Waals surface area contributed by atoms with Gasteiger partial charge in [-0.3, -0.25) is 14.5 Å². The van der Waals surface area contributed by atoms with Crippen molar-refractivity contribution in [2.45, 2.75) is 19.3 Å². The van der Waals surface area contributed by atoms with Gasteiger partial charge < -0.3 is 10.1 Å². The number of carbonyl (C=O) groups excluding carboxylic acids is 2. The van der Waals surface area contributed by atoms with Crippen LogP contribution in [-0.2, 0) is 6.42 Å². The van der Waals surface area contributed by atoms with Crippen LogP contribution in [0.1, 0.15) is 39.1 Å². The molecule has 2 amide bonds. The number of nitrogens with one attached hydrogen (secondary N) is 1. The molecule has 0 atom stereocenters. The first-order chi connectivity index (χ1) is 17.2. The van der Waals surface area contributed by atoms with E-state index in [4.69, 9.17) is 4.74 Å². The molecule has 176 valence electrons. The summed E-state index contributed by atoms with van der Waals surface area (Å²) in [6.07, 6.45) is 4.11. The fourth-order valence-corrected chi connectivity index (χ4v) is 4.27. The number of anilines is 1. The van der Waals surface area contributed by atoms with Gasteiger partial charge in [0.15, 0.2) is 0 Å². The number of hydrogen-bond acceptors (Lipinski definition) is 6. The summed E-state index contributed by atoms with van der Waals surface area (Å²) in [7, 11) is 0. The van der Waals surface area contributed by atoms with Crippen molar-refractivity contribution in [2.75, 3.05) is 25.0 Å². The van der Waals surface area contributed by atoms with Crippen molar-refractivity contribution in [3.8, 4) is 5.75 Å². The molecule has 5 rings (SSSR count). The minimum absolute atomic E-state index is 0.239. The number of benzene rings is 3. The molecule has 0 spiro atoms. The minimum atomic E-state index is -0.239. The van der Waals surface area contributed by atoms with Crippen LogP contribution < -0.4 is 10.1 Å². The number of amides is 2. The van der Waals surface area contributed by atoms with E-state index >= 15 is 0 Å². The Hall–Kier alpha value is -4.26. The summed E-state index contributed by atoms with van der Waals surface area (Å²) in [5, 5.41) is 4.35. The summed E-state index contributed by atoms with van der Waals surface area (Å²) >= 11 is 0. The molecule has 0 aliphatic carbocycles. The molecule has 7 heteroatoms. The van der Waals surface area contributed by atoms with E-state index in [0.717, 1.165) is 36.1 Å². The standard InChI is InChI=1S/C28H26N4O3/c33-27-22-11-4-5-12-23(22)28(34)32(27)16-7-17-35-21-13-14-24-25(18-21)30-19-31-26(24)29-15-6-10-20-8-2-1-3-9-20/h1-5,8-9,11-14,18-19H,6-7,10,15-17H2,(H,29,30,31). The van der Waals surface area contributed by atoms with E-state index in [2.05, 4.69) is 39.6 Å². The molecule has 4 aromatic rings. The third kappa shape index (κ3) is 4.99. The molecule has 0 radical (unpaired) electrons. The fraction of sp³-hybridized carbons (Fsp3) is 0.214. The number of rotatable bonds is 10. The van der Waals surface area contributed by atoms with Gasteiger partial charge in [-0.1, -0.05) is 42.5 Å². The van der Waals surface area contributed by atoms with Crippen molar-refractivity contribution in [1.82, 2.24) is 14.9 Å². The van der Waals surface area contributed by atoms with E-state index in [1.54, 1.807) is 30.6 Å². The third-order valence-electron chi connectivity index (χ3n) is 6.06. The molecule has 7 nitrogen and oxygen atoms in total. The Morgan fingerprint density at radius 3 is 2.34 bits per heavy atom. The van der Waals surface area contributed by atoms with Crippen LogP contribution in [0.15, 0.2) is 79.1 Å². The van der Waals surface area contributed by atoms with Crippen molar-refractivity contribution in [1.29, 1.82) is 0 Å². The van der Waals surface area contributed by atoms with Crippen LogP contribution in [0, 0.1) is 0 Å². The van der Waals surface area contributed by atoms with Gasteiger partial charge >= 0.3 is 0 Å². The van der Waals surface area contributed by atoms with Crippen LogP contribution >= 0.6 is 0 Å². The number of hydrogen-bond donors (Lipinski definition) is 1. The fourth-order valence-electron chi connectivity index (χ4n) is 4.27. The molecule has 1 aliphatic rings. The zero-order valence-corrected chi connectivity index (χ0v) is 19.3. The maximum atomic E-state index is 12.5. The predicted molar refractivity (Wildman–Crippen MR) is 135 cm³/mol. The third-order valence-corrected chi connectivity index (χ3v) is 6.06. The van der Waals surface area contributed by atoms with Gasteiger partial charge in [0, 0.05) is 24.5 Å². The van der Waals surface area contributed by atoms with Gasteiger partial charge in [-0.15, -0.1) is 0 Å². The molecule has 0 bridgehead atoms. The Morgan fingerprint density at radius 2 is 1.57 bits per heavy atom. The van der Waals surface area contributed by atoms with Crippen molar-refractivity contribution >= 4 is 28.5 Å². The van der Waals surface area contributed by atoms with Crippen LogP contribution in [0.4, 0.5) is 5.82 Å². The first kappa shape index (κ1) is 22.5. The maximum absolute atomic E-state index is 12.5. The van der Waals surface area contributed by atoms with Crippen LogP contribution in [0.5, 0.6) is 5.75 Å². The van der Waals surface area contributed by atoms with Gasteiger partial charge in [-0.25, -0.2) is 9.97 Å². The quantitative estimate of drug-likeness (QED) is 0.268. The van der Waals surface area contributed by atoms with Crippen LogP contribution in [-0.4, -0.2) is 46.4 Å². The lowest BCUT2D eigenvalue weighted by molar-refractivity contribution is 0.0647. The Kier molecular flexibility index (Phi) is 6.66. The Labute approximate surface area is 203 Å². The topological polar surface area (TPSA) is 84.4 Å². The van der Waals surface area contributed by atoms with E-state index in [9.17, 15) is 9.59 Å². The van der Waals surface area contributed by atoms with Crippen molar-refractivity contribution in [3.05, 3.63) is 95.8 Å². The van der Waals surface area contributed by atoms with E-state index in [-0.39, 0.29) is 11.8 Å². The molecule has 2 heterocycles. The van der Waals surface area contributed by atoms with Crippen LogP contribution in [0.2, 0.25) is 0 Å². The summed E-state index contributed by atoms with van der Waals surface area (Å²) in [6, 6.07) is 23.1. The van der Waals surface area contributed by atoms with Crippen LogP contribution in [0.25, 0.3) is 10.9 Å². The van der Waals surface area contributed by atoms with Gasteiger partial charge in [0.1, 0.15) is 17.9 Å². The van der Waals surface area contributed by atoms with Gasteiger partial charge in [-0.2, -0.15) is 0 Å². The lowest BCUT2D eigenvalue weighted by atomic mass is 10.1. The number of carbonyl (C=O) groups is 2. The number of fused-ring (bicyclic) bond motifs is 2. The highest BCUT2D eigenvalue weighted by atomic mass is 16.5. The predicted octanol–water partition coefficient (Wildman–Crippen LogP) is 4.74. The van der Waals surface area contributed by atoms with Crippen molar-refractivity contribution < 1.29 is 14.3 Å². The van der Waals surface area contributed by atoms with E-state index in [1.807, 2.05) is 24.3 Å². The van der Waals surface area contributed by atoms with Gasteiger partial charge in [0.25, 0.3) is 11.8 Å². The summed E-state index contributed by atoms with van der Waals surface area (Å²) in [4.78, 5) is 35.0. The molecule has 0 fully saturated rings. The largest absolute Gasteiger partial charge is 0.493 e. The van der Waals surface area contributed by atoms with Crippen LogP contribution in [0.3, 0.4) is 0 Å². The van der Waals surface area contributed by atoms with E-state index in [1.165, 1.54) is 10.5 Å². The summed E-state index contributed by atoms with van der Waals surface area (Å²) < 4.78 is 5.88. The van der Waals surface area contributed by atoms with Crippen molar-refractivity contribution in [3.63, 3.8) is 0 Å².